The number of fused-ring (bicyclic) bond motifs is 1. The van der Waals surface area contributed by atoms with Gasteiger partial charge in [0, 0.05) is 62.2 Å². The topological polar surface area (TPSA) is 324 Å². The van der Waals surface area contributed by atoms with Crippen molar-refractivity contribution in [3.8, 4) is 11.3 Å². The van der Waals surface area contributed by atoms with Gasteiger partial charge in [-0.05, 0) is 85.4 Å². The molecule has 2 aromatic heterocycles. The van der Waals surface area contributed by atoms with Crippen molar-refractivity contribution < 1.29 is 47.8 Å². The quantitative estimate of drug-likeness (QED) is 0.0389. The standard InChI is InChI=1S/C52H63N13O10/c1-31(2)45(63-42(66)8-4-3-5-22-65-43(67)17-18-44(65)68)49(70)60-38(7-6-20-56-51(54)72)48(69)58-35-13-9-32(10-14-35)30-75-52(73)62-37-16-12-33-27-34(11-15-36(33)37)39-29-57-47(53)46(59-39)50(71)61-40-28-55-21-19-41(40)64-23-25-74-26-24-64/h9-11,13-15,17-19,21,27-29,31,37-38,45H,3-8,12,16,20,22-26,30H2,1-2H3,(H2,53,57)(H,58,69)(H,60,70)(H,61,71)(H,62,73)(H,63,66)(H3,54,56,72)/t37?,38-,45-/m0/s1. The Labute approximate surface area is 433 Å². The summed E-state index contributed by atoms with van der Waals surface area (Å²) >= 11 is 0. The summed E-state index contributed by atoms with van der Waals surface area (Å²) in [6.45, 7) is 6.36. The fourth-order valence-electron chi connectivity index (χ4n) is 8.84. The molecule has 9 amide bonds. The summed E-state index contributed by atoms with van der Waals surface area (Å²) in [6.07, 6.45) is 10.00. The Hall–Kier alpha value is -8.47. The molecule has 2 aliphatic heterocycles. The van der Waals surface area contributed by atoms with Gasteiger partial charge in [-0.2, -0.15) is 0 Å². The molecule has 1 unspecified atom stereocenters. The molecule has 3 atom stereocenters. The number of aromatic nitrogens is 3. The number of primary amides is 1. The Kier molecular flexibility index (Phi) is 18.8. The van der Waals surface area contributed by atoms with E-state index in [2.05, 4.69) is 51.8 Å². The number of urea groups is 1. The highest BCUT2D eigenvalue weighted by atomic mass is 16.5. The zero-order chi connectivity index (χ0) is 53.4. The third-order valence-electron chi connectivity index (χ3n) is 12.9. The van der Waals surface area contributed by atoms with Crippen LogP contribution in [0.25, 0.3) is 11.3 Å². The van der Waals surface area contributed by atoms with Gasteiger partial charge in [0.1, 0.15) is 18.7 Å². The van der Waals surface area contributed by atoms with Gasteiger partial charge in [-0.25, -0.2) is 19.6 Å². The molecule has 4 heterocycles. The van der Waals surface area contributed by atoms with Gasteiger partial charge in [0.15, 0.2) is 11.5 Å². The number of hydrogen-bond donors (Lipinski definition) is 8. The van der Waals surface area contributed by atoms with Crippen LogP contribution in [-0.4, -0.2) is 119 Å². The fraction of sp³-hybridized carbons (Fsp3) is 0.404. The monoisotopic (exact) mass is 1030 g/mol. The van der Waals surface area contributed by atoms with E-state index in [1.54, 1.807) is 50.5 Å². The lowest BCUT2D eigenvalue weighted by molar-refractivity contribution is -0.137. The average molecular weight is 1030 g/mol. The first-order valence-electron chi connectivity index (χ1n) is 25.0. The van der Waals surface area contributed by atoms with E-state index in [9.17, 15) is 38.4 Å². The molecule has 23 heteroatoms. The van der Waals surface area contributed by atoms with Crippen molar-refractivity contribution in [1.82, 2.24) is 41.1 Å². The molecule has 4 aromatic rings. The smallest absolute Gasteiger partial charge is 0.407 e. The van der Waals surface area contributed by atoms with E-state index < -0.39 is 41.9 Å². The van der Waals surface area contributed by atoms with Crippen LogP contribution < -0.4 is 48.3 Å². The summed E-state index contributed by atoms with van der Waals surface area (Å²) in [7, 11) is 0. The molecule has 10 N–H and O–H groups in total. The van der Waals surface area contributed by atoms with Gasteiger partial charge in [-0.1, -0.05) is 44.5 Å². The maximum atomic E-state index is 13.6. The fourth-order valence-corrected chi connectivity index (χ4v) is 8.84. The molecule has 2 aromatic carbocycles. The Morgan fingerprint density at radius 3 is 2.37 bits per heavy atom. The van der Waals surface area contributed by atoms with Crippen molar-refractivity contribution >= 4 is 70.4 Å². The normalized spacial score (nSPS) is 15.7. The number of alkyl carbamates (subject to hydrolysis) is 1. The summed E-state index contributed by atoms with van der Waals surface area (Å²) in [5.74, 6) is -3.07. The van der Waals surface area contributed by atoms with E-state index >= 15 is 0 Å². The van der Waals surface area contributed by atoms with Gasteiger partial charge in [-0.15, -0.1) is 0 Å². The molecule has 7 rings (SSSR count). The number of anilines is 4. The molecule has 0 saturated carbocycles. The molecule has 1 saturated heterocycles. The summed E-state index contributed by atoms with van der Waals surface area (Å²) in [6, 6.07) is 11.1. The van der Waals surface area contributed by atoms with Gasteiger partial charge < -0.3 is 57.7 Å². The molecule has 23 nitrogen and oxygen atoms in total. The first kappa shape index (κ1) is 54.3. The van der Waals surface area contributed by atoms with E-state index in [4.69, 9.17) is 20.9 Å². The number of unbranched alkanes of at least 4 members (excludes halogenated alkanes) is 2. The van der Waals surface area contributed by atoms with E-state index in [0.29, 0.717) is 87.5 Å². The van der Waals surface area contributed by atoms with E-state index in [0.717, 1.165) is 27.3 Å². The van der Waals surface area contributed by atoms with Crippen LogP contribution in [0.15, 0.2) is 79.3 Å². The lowest BCUT2D eigenvalue weighted by atomic mass is 10.0. The largest absolute Gasteiger partial charge is 0.445 e. The molecule has 1 aliphatic carbocycles. The molecule has 0 radical (unpaired) electrons. The Bertz CT molecular complexity index is 2760. The zero-order valence-electron chi connectivity index (χ0n) is 41.9. The average Bonchev–Trinajstić information content (AvgIpc) is 3.95. The van der Waals surface area contributed by atoms with Crippen LogP contribution in [0.5, 0.6) is 0 Å². The number of rotatable bonds is 23. The number of carbonyl (C=O) groups is 8. The minimum absolute atomic E-state index is 0.0218. The number of hydrogen-bond acceptors (Lipinski definition) is 15. The van der Waals surface area contributed by atoms with E-state index in [1.165, 1.54) is 18.3 Å². The predicted octanol–water partition coefficient (Wildman–Crippen LogP) is 3.62. The summed E-state index contributed by atoms with van der Waals surface area (Å²) in [4.78, 5) is 118. The van der Waals surface area contributed by atoms with Gasteiger partial charge in [0.05, 0.1) is 48.7 Å². The number of nitrogens with one attached hydrogen (secondary N) is 6. The van der Waals surface area contributed by atoms with Gasteiger partial charge >= 0.3 is 12.1 Å². The highest BCUT2D eigenvalue weighted by Crippen LogP contribution is 2.34. The maximum absolute atomic E-state index is 13.6. The Morgan fingerprint density at radius 2 is 1.64 bits per heavy atom. The predicted molar refractivity (Wildman–Crippen MR) is 276 cm³/mol. The molecule has 396 valence electrons. The first-order chi connectivity index (χ1) is 36.1. The number of nitrogens with two attached hydrogens (primary N) is 2. The highest BCUT2D eigenvalue weighted by Gasteiger charge is 2.30. The summed E-state index contributed by atoms with van der Waals surface area (Å²) in [5.41, 5.74) is 16.8. The van der Waals surface area contributed by atoms with Crippen molar-refractivity contribution in [2.45, 2.75) is 89.9 Å². The molecule has 0 bridgehead atoms. The number of pyridine rings is 1. The second-order valence-corrected chi connectivity index (χ2v) is 18.6. The molecule has 3 aliphatic rings. The molecule has 1 fully saturated rings. The second-order valence-electron chi connectivity index (χ2n) is 18.6. The minimum atomic E-state index is -1.05. The summed E-state index contributed by atoms with van der Waals surface area (Å²) < 4.78 is 11.1. The van der Waals surface area contributed by atoms with Crippen LogP contribution >= 0.6 is 0 Å². The Balaban J connectivity index is 0.883. The van der Waals surface area contributed by atoms with Crippen LogP contribution in [0.1, 0.15) is 92.0 Å². The van der Waals surface area contributed by atoms with Crippen LogP contribution in [0.4, 0.5) is 32.5 Å². The van der Waals surface area contributed by atoms with Crippen molar-refractivity contribution in [2.75, 3.05) is 60.7 Å². The van der Waals surface area contributed by atoms with Gasteiger partial charge in [0.25, 0.3) is 17.7 Å². The number of morpholine rings is 1. The van der Waals surface area contributed by atoms with Crippen LogP contribution in [0.2, 0.25) is 0 Å². The van der Waals surface area contributed by atoms with Crippen molar-refractivity contribution in [3.63, 3.8) is 0 Å². The molecular weight excluding hydrogens is 967 g/mol. The van der Waals surface area contributed by atoms with E-state index in [1.807, 2.05) is 24.3 Å². The van der Waals surface area contributed by atoms with Gasteiger partial charge in [0.2, 0.25) is 17.7 Å². The lowest BCUT2D eigenvalue weighted by Gasteiger charge is -2.30. The van der Waals surface area contributed by atoms with E-state index in [-0.39, 0.29) is 73.7 Å². The second kappa shape index (κ2) is 26.0. The molecule has 75 heavy (non-hydrogen) atoms. The number of carbonyl (C=O) groups excluding carboxylic acids is 8. The number of ether oxygens (including phenoxy) is 2. The molecule has 0 spiro atoms. The van der Waals surface area contributed by atoms with Crippen molar-refractivity contribution in [3.05, 3.63) is 102 Å². The third-order valence-corrected chi connectivity index (χ3v) is 12.9. The van der Waals surface area contributed by atoms with Crippen LogP contribution in [-0.2, 0) is 46.5 Å². The zero-order valence-corrected chi connectivity index (χ0v) is 41.9. The van der Waals surface area contributed by atoms with Gasteiger partial charge in [-0.3, -0.25) is 38.7 Å². The third kappa shape index (κ3) is 15.1. The lowest BCUT2D eigenvalue weighted by Crippen LogP contribution is -2.54. The Morgan fingerprint density at radius 1 is 0.880 bits per heavy atom. The highest BCUT2D eigenvalue weighted by molar-refractivity contribution is 6.13. The SMILES string of the molecule is CC(C)[C@H](NC(=O)CCCCCN1C(=O)C=CC1=O)C(=O)N[C@@H](CCCNC(N)=O)C(=O)Nc1ccc(COC(=O)NC2CCc3cc(-c4cnc(N)c(C(=O)Nc5cnccc5N5CCOCC5)n4)ccc32)cc1. The number of amides is 9. The van der Waals surface area contributed by atoms with Crippen molar-refractivity contribution in [2.24, 2.45) is 11.7 Å². The molecular formula is C52H63N13O10. The maximum Gasteiger partial charge on any atom is 0.407 e. The minimum Gasteiger partial charge on any atom is -0.445 e. The summed E-state index contributed by atoms with van der Waals surface area (Å²) in [5, 5.41) is 16.7. The first-order valence-corrected chi connectivity index (χ1v) is 25.0. The number of nitrogen functional groups attached to an aromatic ring is 1. The number of imide groups is 1. The van der Waals surface area contributed by atoms with Crippen molar-refractivity contribution in [1.29, 1.82) is 0 Å². The number of aryl methyl sites for hydroxylation is 1. The van der Waals surface area contributed by atoms with Crippen LogP contribution in [0.3, 0.4) is 0 Å². The number of benzene rings is 2. The number of nitrogens with zero attached hydrogens (tertiary/aromatic N) is 5. The van der Waals surface area contributed by atoms with Crippen LogP contribution in [0, 0.1) is 5.92 Å².